The third-order valence-corrected chi connectivity index (χ3v) is 12.5. The summed E-state index contributed by atoms with van der Waals surface area (Å²) in [5.41, 5.74) is 3.22. The summed E-state index contributed by atoms with van der Waals surface area (Å²) < 4.78 is 5.82. The Morgan fingerprint density at radius 3 is 2.25 bits per heavy atom. The monoisotopic (exact) mass is 802 g/mol. The third kappa shape index (κ3) is 12.8. The first-order valence-corrected chi connectivity index (χ1v) is 21.3. The molecule has 0 radical (unpaired) electrons. The first kappa shape index (κ1) is 45.3. The Hall–Kier alpha value is -4.42. The van der Waals surface area contributed by atoms with Gasteiger partial charge in [-0.1, -0.05) is 102 Å². The molecule has 1 fully saturated rings. The summed E-state index contributed by atoms with van der Waals surface area (Å²) >= 11 is 1.19. The lowest BCUT2D eigenvalue weighted by Gasteiger charge is -2.37. The molecule has 11 nitrogen and oxygen atoms in total. The second-order valence-corrected chi connectivity index (χ2v) is 17.1. The van der Waals surface area contributed by atoms with E-state index in [1.54, 1.807) is 24.3 Å². The van der Waals surface area contributed by atoms with Gasteiger partial charge in [-0.05, 0) is 67.8 Å². The van der Waals surface area contributed by atoms with Crippen LogP contribution in [0.4, 0.5) is 0 Å². The van der Waals surface area contributed by atoms with Crippen molar-refractivity contribution < 1.29 is 33.8 Å². The number of carboxylic acids is 1. The summed E-state index contributed by atoms with van der Waals surface area (Å²) in [6.45, 7) is 11.9. The molecule has 4 rings (SSSR count). The van der Waals surface area contributed by atoms with E-state index in [1.807, 2.05) is 89.3 Å². The minimum atomic E-state index is -0.948. The molecule has 2 aromatic carbocycles. The van der Waals surface area contributed by atoms with Crippen LogP contribution in [0.1, 0.15) is 114 Å². The zero-order chi connectivity index (χ0) is 41.8. The van der Waals surface area contributed by atoms with Crippen LogP contribution in [0.5, 0.6) is 0 Å². The van der Waals surface area contributed by atoms with Crippen LogP contribution in [-0.2, 0) is 30.3 Å². The number of amides is 2. The molecular weight excluding hydrogens is 741 g/mol. The number of nitrogens with one attached hydrogen (secondary N) is 1. The first-order chi connectivity index (χ1) is 27.1. The number of nitrogens with zero attached hydrogens (tertiary/aromatic N) is 3. The number of piperidine rings is 1. The van der Waals surface area contributed by atoms with Gasteiger partial charge in [0, 0.05) is 50.2 Å². The quantitative estimate of drug-likeness (QED) is 0.109. The van der Waals surface area contributed by atoms with E-state index in [2.05, 4.69) is 15.2 Å². The largest absolute Gasteiger partial charge is 0.481 e. The number of ether oxygens (including phenoxy) is 1. The lowest BCUT2D eigenvalue weighted by molar-refractivity contribution is -0.149. The van der Waals surface area contributed by atoms with Gasteiger partial charge in [-0.25, -0.2) is 4.98 Å². The highest BCUT2D eigenvalue weighted by molar-refractivity contribution is 7.09. The average Bonchev–Trinajstić information content (AvgIpc) is 3.69. The highest BCUT2D eigenvalue weighted by atomic mass is 32.1. The van der Waals surface area contributed by atoms with Crippen molar-refractivity contribution in [2.45, 2.75) is 117 Å². The van der Waals surface area contributed by atoms with Crippen molar-refractivity contribution in [3.63, 3.8) is 0 Å². The number of benzene rings is 2. The average molecular weight is 803 g/mol. The molecule has 1 aliphatic rings. The molecule has 0 spiro atoms. The van der Waals surface area contributed by atoms with E-state index >= 15 is 0 Å². The Bertz CT molecular complexity index is 1800. The number of carbonyl (C=O) groups excluding carboxylic acids is 4. The molecule has 2 heterocycles. The van der Waals surface area contributed by atoms with Gasteiger partial charge in [0.25, 0.3) is 5.91 Å². The molecule has 310 valence electrons. The molecule has 2 N–H and O–H groups in total. The van der Waals surface area contributed by atoms with Crippen LogP contribution in [-0.4, -0.2) is 88.2 Å². The number of esters is 1. The number of hydrogen-bond acceptors (Lipinski definition) is 9. The molecule has 0 bridgehead atoms. The number of aromatic nitrogens is 1. The molecule has 1 aromatic heterocycles. The van der Waals surface area contributed by atoms with Crippen molar-refractivity contribution in [1.29, 1.82) is 0 Å². The van der Waals surface area contributed by atoms with Crippen molar-refractivity contribution in [3.05, 3.63) is 76.2 Å². The standard InChI is InChI=1S/C45H62N4O7S/c1-9-29(4)36(25-40(51)38-17-13-14-22-48(38)7)44(53)49(8)39(28(2)3)26-41(56-31(6)50)43-47-37(27-57-43)42(52)46-35(23-30(5)45(54)55)24-32-18-20-34(21-19-32)33-15-11-10-12-16-33/h10-12,15-16,18-21,27-30,35-36,38-39,41H,9,13-14,17,22-26H2,1-8H3,(H,46,52)(H,54,55)/t29-,30-,35+,36?,38?,39+,41+/m0/s1. The van der Waals surface area contributed by atoms with Crippen molar-refractivity contribution in [2.75, 3.05) is 20.6 Å². The van der Waals surface area contributed by atoms with E-state index in [4.69, 9.17) is 4.74 Å². The predicted octanol–water partition coefficient (Wildman–Crippen LogP) is 7.85. The summed E-state index contributed by atoms with van der Waals surface area (Å²) in [5, 5.41) is 14.7. The number of aliphatic carboxylic acids is 1. The van der Waals surface area contributed by atoms with Gasteiger partial charge < -0.3 is 20.1 Å². The van der Waals surface area contributed by atoms with Gasteiger partial charge in [0.1, 0.15) is 10.7 Å². The van der Waals surface area contributed by atoms with Gasteiger partial charge in [-0.15, -0.1) is 11.3 Å². The highest BCUT2D eigenvalue weighted by Crippen LogP contribution is 2.33. The fourth-order valence-corrected chi connectivity index (χ4v) is 8.68. The lowest BCUT2D eigenvalue weighted by Crippen LogP contribution is -2.48. The van der Waals surface area contributed by atoms with Crippen LogP contribution in [0.25, 0.3) is 11.1 Å². The normalized spacial score (nSPS) is 17.8. The molecule has 2 unspecified atom stereocenters. The summed E-state index contributed by atoms with van der Waals surface area (Å²) in [6, 6.07) is 17.0. The van der Waals surface area contributed by atoms with Crippen LogP contribution in [0.15, 0.2) is 60.0 Å². The second-order valence-electron chi connectivity index (χ2n) is 16.2. The van der Waals surface area contributed by atoms with Crippen LogP contribution >= 0.6 is 11.3 Å². The van der Waals surface area contributed by atoms with Crippen LogP contribution in [0.2, 0.25) is 0 Å². The van der Waals surface area contributed by atoms with Gasteiger partial charge in [-0.3, -0.25) is 28.9 Å². The Morgan fingerprint density at radius 1 is 0.982 bits per heavy atom. The maximum absolute atomic E-state index is 14.3. The highest BCUT2D eigenvalue weighted by Gasteiger charge is 2.37. The smallest absolute Gasteiger partial charge is 0.306 e. The van der Waals surface area contributed by atoms with E-state index < -0.39 is 41.8 Å². The van der Waals surface area contributed by atoms with E-state index in [0.29, 0.717) is 11.4 Å². The number of thiazole rings is 1. The second kappa shape index (κ2) is 21.4. The number of hydrogen-bond donors (Lipinski definition) is 2. The molecule has 7 atom stereocenters. The van der Waals surface area contributed by atoms with Crippen molar-refractivity contribution in [2.24, 2.45) is 23.7 Å². The fourth-order valence-electron chi connectivity index (χ4n) is 7.84. The Kier molecular flexibility index (Phi) is 17.0. The summed E-state index contributed by atoms with van der Waals surface area (Å²) in [7, 11) is 3.74. The number of Topliss-reactive ketones (excluding diaryl/α,β-unsaturated/α-hetero) is 1. The van der Waals surface area contributed by atoms with Gasteiger partial charge in [0.15, 0.2) is 11.9 Å². The Balaban J connectivity index is 1.51. The van der Waals surface area contributed by atoms with Crippen molar-refractivity contribution in [1.82, 2.24) is 20.1 Å². The molecule has 1 aliphatic heterocycles. The number of likely N-dealkylation sites (tertiary alicyclic amines) is 1. The maximum atomic E-state index is 14.3. The Labute approximate surface area is 342 Å². The molecule has 0 saturated carbocycles. The molecule has 57 heavy (non-hydrogen) atoms. The lowest BCUT2D eigenvalue weighted by atomic mass is 9.83. The first-order valence-electron chi connectivity index (χ1n) is 20.4. The molecular formula is C45H62N4O7S. The van der Waals surface area contributed by atoms with Gasteiger partial charge in [0.2, 0.25) is 5.91 Å². The third-order valence-electron chi connectivity index (χ3n) is 11.6. The SMILES string of the molecule is CC[C@H](C)C(CC(=O)C1CCCCN1C)C(=O)N(C)[C@H](C[C@@H](OC(C)=O)c1nc(C(=O)N[C@@H](Cc2ccc(-c3ccccc3)cc2)C[C@H](C)C(=O)O)cs1)C(C)C. The van der Waals surface area contributed by atoms with Gasteiger partial charge in [0.05, 0.1) is 12.0 Å². The van der Waals surface area contributed by atoms with Crippen molar-refractivity contribution in [3.8, 4) is 11.1 Å². The summed E-state index contributed by atoms with van der Waals surface area (Å²) in [4.78, 5) is 74.3. The van der Waals surface area contributed by atoms with Crippen LogP contribution < -0.4 is 5.32 Å². The fraction of sp³-hybridized carbons (Fsp3) is 0.556. The zero-order valence-electron chi connectivity index (χ0n) is 34.9. The van der Waals surface area contributed by atoms with E-state index in [1.165, 1.54) is 18.3 Å². The topological polar surface area (TPSA) is 146 Å². The number of likely N-dealkylation sites (N-methyl/N-ethyl adjacent to an activating group) is 1. The van der Waals surface area contributed by atoms with Gasteiger partial charge >= 0.3 is 11.9 Å². The van der Waals surface area contributed by atoms with Crippen molar-refractivity contribution >= 4 is 40.9 Å². The van der Waals surface area contributed by atoms with Crippen LogP contribution in [0.3, 0.4) is 0 Å². The number of carbonyl (C=O) groups is 5. The minimum Gasteiger partial charge on any atom is -0.481 e. The van der Waals surface area contributed by atoms with Crippen LogP contribution in [0, 0.1) is 23.7 Å². The molecule has 3 aromatic rings. The maximum Gasteiger partial charge on any atom is 0.306 e. The Morgan fingerprint density at radius 2 is 1.65 bits per heavy atom. The molecule has 12 heteroatoms. The van der Waals surface area contributed by atoms with Gasteiger partial charge in [-0.2, -0.15) is 0 Å². The number of rotatable bonds is 20. The molecule has 2 amide bonds. The summed E-state index contributed by atoms with van der Waals surface area (Å²) in [5.74, 6) is -3.14. The number of ketones is 1. The predicted molar refractivity (Wildman–Crippen MR) is 224 cm³/mol. The minimum absolute atomic E-state index is 0.00845. The van der Waals surface area contributed by atoms with E-state index in [0.717, 1.165) is 48.9 Å². The number of carboxylic acid groups (broad SMARTS) is 1. The molecule has 0 aliphatic carbocycles. The van der Waals surface area contributed by atoms with E-state index in [-0.39, 0.29) is 60.6 Å². The molecule has 1 saturated heterocycles. The van der Waals surface area contributed by atoms with E-state index in [9.17, 15) is 29.1 Å². The summed E-state index contributed by atoms with van der Waals surface area (Å²) in [6.07, 6.45) is 3.87. The zero-order valence-corrected chi connectivity index (χ0v) is 35.7.